The molecule has 2 aromatic heterocycles. The van der Waals surface area contributed by atoms with Gasteiger partial charge in [-0.2, -0.15) is 5.10 Å². The summed E-state index contributed by atoms with van der Waals surface area (Å²) in [4.78, 5) is 27.5. The van der Waals surface area contributed by atoms with E-state index in [0.29, 0.717) is 36.4 Å². The number of nitrogens with one attached hydrogen (secondary N) is 1. The number of aryl methyl sites for hydroxylation is 3. The smallest absolute Gasteiger partial charge is 0.256 e. The third-order valence-electron chi connectivity index (χ3n) is 5.23. The molecule has 28 heavy (non-hydrogen) atoms. The topological polar surface area (TPSA) is 93.3 Å². The largest absolute Gasteiger partial charge is 0.360 e. The Morgan fingerprint density at radius 3 is 2.68 bits per heavy atom. The van der Waals surface area contributed by atoms with Gasteiger partial charge in [0.25, 0.3) is 5.91 Å². The minimum atomic E-state index is -0.323. The Labute approximate surface area is 165 Å². The molecule has 1 aliphatic heterocycles. The highest BCUT2D eigenvalue weighted by atomic mass is 16.5. The molecule has 1 saturated heterocycles. The van der Waals surface area contributed by atoms with Crippen molar-refractivity contribution < 1.29 is 14.1 Å². The van der Waals surface area contributed by atoms with Crippen molar-refractivity contribution in [3.63, 3.8) is 0 Å². The van der Waals surface area contributed by atoms with E-state index in [-0.39, 0.29) is 29.3 Å². The van der Waals surface area contributed by atoms with E-state index in [1.807, 2.05) is 45.8 Å². The van der Waals surface area contributed by atoms with Gasteiger partial charge >= 0.3 is 0 Å². The second-order valence-corrected chi connectivity index (χ2v) is 8.42. The van der Waals surface area contributed by atoms with E-state index in [1.54, 1.807) is 17.8 Å². The van der Waals surface area contributed by atoms with E-state index >= 15 is 0 Å². The lowest BCUT2D eigenvalue weighted by molar-refractivity contribution is -0.133. The van der Waals surface area contributed by atoms with Crippen LogP contribution in [0.1, 0.15) is 67.5 Å². The molecule has 0 spiro atoms. The number of amides is 2. The quantitative estimate of drug-likeness (QED) is 0.850. The normalized spacial score (nSPS) is 20.1. The van der Waals surface area contributed by atoms with Crippen LogP contribution in [-0.2, 0) is 18.3 Å². The summed E-state index contributed by atoms with van der Waals surface area (Å²) in [5.41, 5.74) is 1.74. The zero-order valence-corrected chi connectivity index (χ0v) is 17.4. The van der Waals surface area contributed by atoms with E-state index in [0.717, 1.165) is 5.56 Å². The Morgan fingerprint density at radius 2 is 2.11 bits per heavy atom. The predicted octanol–water partition coefficient (Wildman–Crippen LogP) is 2.40. The molecule has 2 atom stereocenters. The van der Waals surface area contributed by atoms with Crippen LogP contribution < -0.4 is 5.32 Å². The first-order chi connectivity index (χ1) is 13.1. The van der Waals surface area contributed by atoms with Gasteiger partial charge in [0.2, 0.25) is 5.91 Å². The van der Waals surface area contributed by atoms with Crippen LogP contribution in [0.15, 0.2) is 16.9 Å². The van der Waals surface area contributed by atoms with Crippen LogP contribution in [0.4, 0.5) is 0 Å². The molecule has 152 valence electrons. The molecule has 0 unspecified atom stereocenters. The molecule has 1 fully saturated rings. The minimum Gasteiger partial charge on any atom is -0.360 e. The highest BCUT2D eigenvalue weighted by Gasteiger charge is 2.46. The Bertz CT molecular complexity index is 877. The zero-order chi connectivity index (χ0) is 20.6. The Balaban J connectivity index is 1.82. The summed E-state index contributed by atoms with van der Waals surface area (Å²) in [7, 11) is 1.86. The second kappa shape index (κ2) is 7.41. The fraction of sp³-hybridized carbons (Fsp3) is 0.600. The van der Waals surface area contributed by atoms with E-state index in [4.69, 9.17) is 4.52 Å². The summed E-state index contributed by atoms with van der Waals surface area (Å²) >= 11 is 0. The van der Waals surface area contributed by atoms with Crippen molar-refractivity contribution in [3.8, 4) is 0 Å². The Hall–Kier alpha value is -2.64. The van der Waals surface area contributed by atoms with E-state index < -0.39 is 0 Å². The Kier molecular flexibility index (Phi) is 5.32. The summed E-state index contributed by atoms with van der Waals surface area (Å²) in [5, 5.41) is 11.2. The van der Waals surface area contributed by atoms with Crippen LogP contribution in [0.25, 0.3) is 0 Å². The number of hydrogen-bond acceptors (Lipinski definition) is 5. The summed E-state index contributed by atoms with van der Waals surface area (Å²) < 4.78 is 6.96. The fourth-order valence-electron chi connectivity index (χ4n) is 4.05. The van der Waals surface area contributed by atoms with Gasteiger partial charge in [0.05, 0.1) is 17.9 Å². The minimum absolute atomic E-state index is 0.0369. The number of rotatable bonds is 5. The number of nitrogens with zero attached hydrogens (tertiary/aromatic N) is 4. The van der Waals surface area contributed by atoms with Gasteiger partial charge in [0.1, 0.15) is 11.3 Å². The highest BCUT2D eigenvalue weighted by molar-refractivity contribution is 5.96. The number of aromatic nitrogens is 3. The van der Waals surface area contributed by atoms with Crippen molar-refractivity contribution in [1.82, 2.24) is 25.2 Å². The van der Waals surface area contributed by atoms with Crippen LogP contribution in [0, 0.1) is 12.8 Å². The van der Waals surface area contributed by atoms with Gasteiger partial charge in [-0.1, -0.05) is 12.1 Å². The van der Waals surface area contributed by atoms with Crippen LogP contribution in [0.3, 0.4) is 0 Å². The van der Waals surface area contributed by atoms with Crippen molar-refractivity contribution in [2.45, 2.75) is 59.0 Å². The molecule has 0 saturated carbocycles. The molecular weight excluding hydrogens is 358 g/mol. The average Bonchev–Trinajstić information content (AvgIpc) is 3.28. The third kappa shape index (κ3) is 3.68. The summed E-state index contributed by atoms with van der Waals surface area (Å²) in [6.07, 6.45) is 4.73. The lowest BCUT2D eigenvalue weighted by Gasteiger charge is -2.38. The van der Waals surface area contributed by atoms with Crippen molar-refractivity contribution >= 4 is 11.8 Å². The molecule has 0 bridgehead atoms. The molecule has 0 aromatic carbocycles. The molecular formula is C20H29N5O3. The summed E-state index contributed by atoms with van der Waals surface area (Å²) in [6.45, 7) is 10.2. The molecule has 3 heterocycles. The van der Waals surface area contributed by atoms with Gasteiger partial charge < -0.3 is 14.7 Å². The molecule has 3 rings (SSSR count). The maximum atomic E-state index is 12.8. The van der Waals surface area contributed by atoms with Gasteiger partial charge in [-0.05, 0) is 27.7 Å². The number of carbonyl (C=O) groups is 2. The Morgan fingerprint density at radius 1 is 1.39 bits per heavy atom. The summed E-state index contributed by atoms with van der Waals surface area (Å²) in [6, 6.07) is -0.129. The lowest BCUT2D eigenvalue weighted by atomic mass is 9.93. The standard InChI is InChI=1S/C20H29N5O3/c1-7-15-17(12(2)23-28-15)19(27)21-9-13-8-16(26)25(20(3,4)5)18(13)14-10-22-24(6)11-14/h10-11,13,18H,7-9H2,1-6H3,(H,21,27)/t13-,18+/m0/s1. The maximum Gasteiger partial charge on any atom is 0.256 e. The van der Waals surface area contributed by atoms with E-state index in [9.17, 15) is 9.59 Å². The fourth-order valence-corrected chi connectivity index (χ4v) is 4.05. The van der Waals surface area contributed by atoms with Gasteiger partial charge in [-0.3, -0.25) is 14.3 Å². The van der Waals surface area contributed by atoms with Crippen LogP contribution in [-0.4, -0.2) is 43.7 Å². The highest BCUT2D eigenvalue weighted by Crippen LogP contribution is 2.42. The molecule has 0 aliphatic carbocycles. The molecule has 8 heteroatoms. The zero-order valence-electron chi connectivity index (χ0n) is 17.4. The molecule has 2 amide bonds. The maximum absolute atomic E-state index is 12.8. The SMILES string of the molecule is CCc1onc(C)c1C(=O)NC[C@@H]1CC(=O)N(C(C)(C)C)[C@H]1c1cnn(C)c1. The molecule has 8 nitrogen and oxygen atoms in total. The molecule has 2 aromatic rings. The molecule has 0 radical (unpaired) electrons. The van der Waals surface area contributed by atoms with Gasteiger partial charge in [0.15, 0.2) is 0 Å². The number of carbonyl (C=O) groups excluding carboxylic acids is 2. The van der Waals surface area contributed by atoms with Crippen LogP contribution >= 0.6 is 0 Å². The number of likely N-dealkylation sites (tertiary alicyclic amines) is 1. The third-order valence-corrected chi connectivity index (χ3v) is 5.23. The first-order valence-corrected chi connectivity index (χ1v) is 9.67. The van der Waals surface area contributed by atoms with Crippen molar-refractivity contribution in [1.29, 1.82) is 0 Å². The van der Waals surface area contributed by atoms with Gasteiger partial charge in [0, 0.05) is 49.7 Å². The van der Waals surface area contributed by atoms with Crippen molar-refractivity contribution in [2.75, 3.05) is 6.54 Å². The van der Waals surface area contributed by atoms with E-state index in [2.05, 4.69) is 15.6 Å². The van der Waals surface area contributed by atoms with Crippen molar-refractivity contribution in [2.24, 2.45) is 13.0 Å². The molecule has 1 aliphatic rings. The summed E-state index contributed by atoms with van der Waals surface area (Å²) in [5.74, 6) is 0.431. The van der Waals surface area contributed by atoms with Gasteiger partial charge in [-0.15, -0.1) is 0 Å². The van der Waals surface area contributed by atoms with Gasteiger partial charge in [-0.25, -0.2) is 0 Å². The predicted molar refractivity (Wildman–Crippen MR) is 104 cm³/mol. The lowest BCUT2D eigenvalue weighted by Crippen LogP contribution is -2.44. The first-order valence-electron chi connectivity index (χ1n) is 9.67. The number of hydrogen-bond donors (Lipinski definition) is 1. The molecule has 1 N–H and O–H groups in total. The monoisotopic (exact) mass is 387 g/mol. The van der Waals surface area contributed by atoms with Crippen LogP contribution in [0.2, 0.25) is 0 Å². The van der Waals surface area contributed by atoms with Crippen molar-refractivity contribution in [3.05, 3.63) is 35.0 Å². The average molecular weight is 387 g/mol. The van der Waals surface area contributed by atoms with Crippen LogP contribution in [0.5, 0.6) is 0 Å². The van der Waals surface area contributed by atoms with E-state index in [1.165, 1.54) is 0 Å². The second-order valence-electron chi connectivity index (χ2n) is 8.42. The first kappa shape index (κ1) is 20.1.